The van der Waals surface area contributed by atoms with Gasteiger partial charge in [0.15, 0.2) is 0 Å². The lowest BCUT2D eigenvalue weighted by atomic mass is 10.1. The number of aromatic amines is 1. The van der Waals surface area contributed by atoms with Gasteiger partial charge >= 0.3 is 5.97 Å². The standard InChI is InChI=1S/C21H18N2O4S2/c1-12(28-10-13-5-3-6-14(9-13)21(25)26-2)18-22-19(24)17-15(11-29-20(17)23-18)16-7-4-8-27-16/h3-9,11-12H,10H2,1-2H3,(H,22,23,24). The molecule has 0 radical (unpaired) electrons. The molecule has 0 spiro atoms. The number of methoxy groups -OCH3 is 1. The Hall–Kier alpha value is -2.84. The number of furan rings is 1. The van der Waals surface area contributed by atoms with Crippen molar-refractivity contribution in [3.63, 3.8) is 0 Å². The summed E-state index contributed by atoms with van der Waals surface area (Å²) in [6.07, 6.45) is 1.59. The normalized spacial score (nSPS) is 12.2. The van der Waals surface area contributed by atoms with Gasteiger partial charge in [-0.25, -0.2) is 9.78 Å². The molecule has 0 amide bonds. The van der Waals surface area contributed by atoms with Crippen LogP contribution in [0.3, 0.4) is 0 Å². The minimum Gasteiger partial charge on any atom is -0.465 e. The monoisotopic (exact) mass is 426 g/mol. The summed E-state index contributed by atoms with van der Waals surface area (Å²) in [6, 6.07) is 11.0. The first-order chi connectivity index (χ1) is 14.1. The number of fused-ring (bicyclic) bond motifs is 1. The number of rotatable bonds is 6. The second-order valence-electron chi connectivity index (χ2n) is 6.40. The number of nitrogens with one attached hydrogen (secondary N) is 1. The minimum absolute atomic E-state index is 0.0250. The van der Waals surface area contributed by atoms with Crippen LogP contribution >= 0.6 is 23.1 Å². The van der Waals surface area contributed by atoms with Crippen LogP contribution in [0.25, 0.3) is 21.5 Å². The van der Waals surface area contributed by atoms with E-state index in [4.69, 9.17) is 9.15 Å². The molecular formula is C21H18N2O4S2. The average Bonchev–Trinajstić information content (AvgIpc) is 3.41. The zero-order valence-corrected chi connectivity index (χ0v) is 17.4. The molecule has 0 saturated heterocycles. The number of carbonyl (C=O) groups excluding carboxylic acids is 1. The first-order valence-corrected chi connectivity index (χ1v) is 10.8. The van der Waals surface area contributed by atoms with Crippen molar-refractivity contribution in [2.45, 2.75) is 17.9 Å². The van der Waals surface area contributed by atoms with Crippen LogP contribution in [0.1, 0.15) is 33.9 Å². The van der Waals surface area contributed by atoms with Gasteiger partial charge in [0.1, 0.15) is 16.4 Å². The summed E-state index contributed by atoms with van der Waals surface area (Å²) in [4.78, 5) is 32.7. The van der Waals surface area contributed by atoms with Crippen LogP contribution in [-0.2, 0) is 10.5 Å². The highest BCUT2D eigenvalue weighted by molar-refractivity contribution is 7.98. The zero-order valence-electron chi connectivity index (χ0n) is 15.8. The van der Waals surface area contributed by atoms with Gasteiger partial charge in [0.2, 0.25) is 0 Å². The molecule has 1 unspecified atom stereocenters. The van der Waals surface area contributed by atoms with Crippen LogP contribution in [0.15, 0.2) is 57.3 Å². The topological polar surface area (TPSA) is 85.2 Å². The lowest BCUT2D eigenvalue weighted by Crippen LogP contribution is -2.12. The SMILES string of the molecule is COC(=O)c1cccc(CSC(C)c2nc3scc(-c4ccco4)c3c(=O)[nH]2)c1. The molecule has 29 heavy (non-hydrogen) atoms. The van der Waals surface area contributed by atoms with Gasteiger partial charge in [0.25, 0.3) is 5.56 Å². The van der Waals surface area contributed by atoms with Gasteiger partial charge in [-0.05, 0) is 36.8 Å². The molecule has 0 saturated carbocycles. The fraction of sp³-hybridized carbons (Fsp3) is 0.190. The Kier molecular flexibility index (Phi) is 5.55. The van der Waals surface area contributed by atoms with E-state index in [1.54, 1.807) is 30.2 Å². The zero-order chi connectivity index (χ0) is 20.4. The second-order valence-corrected chi connectivity index (χ2v) is 8.59. The third-order valence-electron chi connectivity index (χ3n) is 4.48. The highest BCUT2D eigenvalue weighted by Gasteiger charge is 2.17. The molecular weight excluding hydrogens is 408 g/mol. The first kappa shape index (κ1) is 19.5. The number of benzene rings is 1. The van der Waals surface area contributed by atoms with E-state index < -0.39 is 0 Å². The van der Waals surface area contributed by atoms with E-state index in [-0.39, 0.29) is 16.8 Å². The van der Waals surface area contributed by atoms with Crippen molar-refractivity contribution in [3.8, 4) is 11.3 Å². The maximum absolute atomic E-state index is 12.7. The fourth-order valence-corrected chi connectivity index (χ4v) is 4.80. The lowest BCUT2D eigenvalue weighted by Gasteiger charge is -2.11. The molecule has 148 valence electrons. The molecule has 1 aromatic carbocycles. The highest BCUT2D eigenvalue weighted by atomic mass is 32.2. The molecule has 0 bridgehead atoms. The average molecular weight is 427 g/mol. The van der Waals surface area contributed by atoms with E-state index >= 15 is 0 Å². The van der Waals surface area contributed by atoms with Gasteiger partial charge in [-0.15, -0.1) is 23.1 Å². The van der Waals surface area contributed by atoms with Crippen molar-refractivity contribution in [2.24, 2.45) is 0 Å². The smallest absolute Gasteiger partial charge is 0.337 e. The Bertz CT molecular complexity index is 1210. The largest absolute Gasteiger partial charge is 0.465 e. The van der Waals surface area contributed by atoms with Crippen LogP contribution in [-0.4, -0.2) is 23.0 Å². The van der Waals surface area contributed by atoms with Crippen molar-refractivity contribution in [3.05, 3.63) is 75.3 Å². The van der Waals surface area contributed by atoms with E-state index in [0.29, 0.717) is 33.1 Å². The third-order valence-corrected chi connectivity index (χ3v) is 6.58. The van der Waals surface area contributed by atoms with Gasteiger partial charge in [-0.2, -0.15) is 0 Å². The van der Waals surface area contributed by atoms with Crippen molar-refractivity contribution in [1.29, 1.82) is 0 Å². The number of hydrogen-bond acceptors (Lipinski definition) is 7. The lowest BCUT2D eigenvalue weighted by molar-refractivity contribution is 0.0600. The summed E-state index contributed by atoms with van der Waals surface area (Å²) in [5, 5.41) is 2.42. The number of H-pyrrole nitrogens is 1. The first-order valence-electron chi connectivity index (χ1n) is 8.91. The summed E-state index contributed by atoms with van der Waals surface area (Å²) in [5.41, 5.74) is 2.12. The number of thiophene rings is 1. The van der Waals surface area contributed by atoms with Crippen LogP contribution in [0.4, 0.5) is 0 Å². The number of ether oxygens (including phenoxy) is 1. The molecule has 0 aliphatic heterocycles. The van der Waals surface area contributed by atoms with Crippen LogP contribution < -0.4 is 5.56 Å². The summed E-state index contributed by atoms with van der Waals surface area (Å²) in [7, 11) is 1.37. The Morgan fingerprint density at radius 2 is 2.21 bits per heavy atom. The van der Waals surface area contributed by atoms with Crippen molar-refractivity contribution in [2.75, 3.05) is 7.11 Å². The van der Waals surface area contributed by atoms with Gasteiger partial charge in [-0.3, -0.25) is 4.79 Å². The Morgan fingerprint density at radius 1 is 1.34 bits per heavy atom. The van der Waals surface area contributed by atoms with Crippen LogP contribution in [0.2, 0.25) is 0 Å². The molecule has 6 nitrogen and oxygen atoms in total. The van der Waals surface area contributed by atoms with Crippen molar-refractivity contribution >= 4 is 39.3 Å². The maximum atomic E-state index is 12.7. The molecule has 3 heterocycles. The molecule has 1 atom stereocenters. The van der Waals surface area contributed by atoms with E-state index in [9.17, 15) is 9.59 Å². The molecule has 1 N–H and O–H groups in total. The fourth-order valence-electron chi connectivity index (χ4n) is 2.98. The maximum Gasteiger partial charge on any atom is 0.337 e. The number of aromatic nitrogens is 2. The molecule has 4 rings (SSSR count). The molecule has 8 heteroatoms. The summed E-state index contributed by atoms with van der Waals surface area (Å²) < 4.78 is 10.2. The number of hydrogen-bond donors (Lipinski definition) is 1. The third kappa shape index (κ3) is 3.99. The highest BCUT2D eigenvalue weighted by Crippen LogP contribution is 2.33. The van der Waals surface area contributed by atoms with E-state index in [1.165, 1.54) is 18.4 Å². The Balaban J connectivity index is 1.54. The van der Waals surface area contributed by atoms with Crippen LogP contribution in [0, 0.1) is 0 Å². The van der Waals surface area contributed by atoms with Gasteiger partial charge in [0, 0.05) is 16.7 Å². The summed E-state index contributed by atoms with van der Waals surface area (Å²) in [5.74, 6) is 1.61. The second kappa shape index (κ2) is 8.26. The molecule has 4 aromatic rings. The minimum atomic E-state index is -0.355. The summed E-state index contributed by atoms with van der Waals surface area (Å²) in [6.45, 7) is 2.00. The van der Waals surface area contributed by atoms with Crippen molar-refractivity contribution < 1.29 is 13.9 Å². The quantitative estimate of drug-likeness (QED) is 0.436. The van der Waals surface area contributed by atoms with Gasteiger partial charge in [-0.1, -0.05) is 12.1 Å². The van der Waals surface area contributed by atoms with E-state index in [1.807, 2.05) is 36.6 Å². The van der Waals surface area contributed by atoms with Gasteiger partial charge < -0.3 is 14.1 Å². The Morgan fingerprint density at radius 3 is 2.97 bits per heavy atom. The predicted molar refractivity (Wildman–Crippen MR) is 115 cm³/mol. The summed E-state index contributed by atoms with van der Waals surface area (Å²) >= 11 is 3.06. The number of esters is 1. The number of carbonyl (C=O) groups is 1. The van der Waals surface area contributed by atoms with Gasteiger partial charge in [0.05, 0.1) is 29.6 Å². The molecule has 0 fully saturated rings. The van der Waals surface area contributed by atoms with E-state index in [2.05, 4.69) is 9.97 Å². The number of thioether (sulfide) groups is 1. The molecule has 0 aliphatic rings. The Labute approximate surface area is 174 Å². The molecule has 0 aliphatic carbocycles. The predicted octanol–water partition coefficient (Wildman–Crippen LogP) is 5.03. The molecule has 3 aromatic heterocycles. The van der Waals surface area contributed by atoms with Crippen molar-refractivity contribution in [1.82, 2.24) is 9.97 Å². The van der Waals surface area contributed by atoms with Crippen LogP contribution in [0.5, 0.6) is 0 Å². The van der Waals surface area contributed by atoms with E-state index in [0.717, 1.165) is 11.1 Å². The number of nitrogens with zero attached hydrogens (tertiary/aromatic N) is 1.